The molecule has 1 atom stereocenters. The molecule has 0 amide bonds. The van der Waals surface area contributed by atoms with E-state index in [0.717, 1.165) is 16.2 Å². The van der Waals surface area contributed by atoms with E-state index in [-0.39, 0.29) is 0 Å². The van der Waals surface area contributed by atoms with Crippen LogP contribution in [0.4, 0.5) is 11.6 Å². The molecule has 2 rings (SSSR count). The Balaban J connectivity index is 2.04. The van der Waals surface area contributed by atoms with Crippen molar-refractivity contribution in [2.45, 2.75) is 45.1 Å². The molecule has 0 aliphatic heterocycles. The maximum atomic E-state index is 5.40. The second-order valence-corrected chi connectivity index (χ2v) is 5.65. The Kier molecular flexibility index (Phi) is 4.77. The SMILES string of the molecule is CC(Nc1ncnc(NN)c1Br)C1CCCCC1. The van der Waals surface area contributed by atoms with Crippen molar-refractivity contribution in [3.63, 3.8) is 0 Å². The lowest BCUT2D eigenvalue weighted by Gasteiger charge is -2.28. The number of nitrogens with one attached hydrogen (secondary N) is 2. The van der Waals surface area contributed by atoms with Crippen molar-refractivity contribution in [2.75, 3.05) is 10.7 Å². The fourth-order valence-electron chi connectivity index (χ4n) is 2.54. The average Bonchev–Trinajstić information content (AvgIpc) is 2.42. The van der Waals surface area contributed by atoms with Gasteiger partial charge in [-0.05, 0) is 41.6 Å². The van der Waals surface area contributed by atoms with Gasteiger partial charge >= 0.3 is 0 Å². The molecule has 0 radical (unpaired) electrons. The Hall–Kier alpha value is -0.880. The molecule has 100 valence electrons. The predicted molar refractivity (Wildman–Crippen MR) is 77.2 cm³/mol. The summed E-state index contributed by atoms with van der Waals surface area (Å²) in [5.74, 6) is 7.53. The molecule has 0 aromatic carbocycles. The molecule has 0 saturated heterocycles. The molecule has 0 bridgehead atoms. The highest BCUT2D eigenvalue weighted by Gasteiger charge is 2.21. The number of aromatic nitrogens is 2. The zero-order valence-electron chi connectivity index (χ0n) is 10.6. The first-order chi connectivity index (χ1) is 8.72. The second-order valence-electron chi connectivity index (χ2n) is 4.86. The van der Waals surface area contributed by atoms with E-state index >= 15 is 0 Å². The van der Waals surface area contributed by atoms with Crippen LogP contribution in [0.1, 0.15) is 39.0 Å². The average molecular weight is 314 g/mol. The Morgan fingerprint density at radius 3 is 2.61 bits per heavy atom. The third-order valence-corrected chi connectivity index (χ3v) is 4.40. The Labute approximate surface area is 116 Å². The van der Waals surface area contributed by atoms with Crippen molar-refractivity contribution in [3.8, 4) is 0 Å². The highest BCUT2D eigenvalue weighted by molar-refractivity contribution is 9.10. The molecule has 1 aromatic rings. The molecule has 18 heavy (non-hydrogen) atoms. The predicted octanol–water partition coefficient (Wildman–Crippen LogP) is 2.91. The van der Waals surface area contributed by atoms with Crippen LogP contribution < -0.4 is 16.6 Å². The second kappa shape index (κ2) is 6.33. The van der Waals surface area contributed by atoms with Gasteiger partial charge in [0.2, 0.25) is 0 Å². The summed E-state index contributed by atoms with van der Waals surface area (Å²) in [6.07, 6.45) is 8.18. The molecule has 1 unspecified atom stereocenters. The van der Waals surface area contributed by atoms with E-state index in [2.05, 4.69) is 43.6 Å². The quantitative estimate of drug-likeness (QED) is 0.588. The number of hydrogen-bond donors (Lipinski definition) is 3. The highest BCUT2D eigenvalue weighted by atomic mass is 79.9. The van der Waals surface area contributed by atoms with Gasteiger partial charge in [0.15, 0.2) is 5.82 Å². The fraction of sp³-hybridized carbons (Fsp3) is 0.667. The van der Waals surface area contributed by atoms with Crippen LogP contribution in [-0.2, 0) is 0 Å². The van der Waals surface area contributed by atoms with Gasteiger partial charge in [-0.2, -0.15) is 0 Å². The number of halogens is 1. The number of nitrogens with two attached hydrogens (primary N) is 1. The van der Waals surface area contributed by atoms with Gasteiger partial charge in [0.1, 0.15) is 16.6 Å². The van der Waals surface area contributed by atoms with E-state index < -0.39 is 0 Å². The van der Waals surface area contributed by atoms with Gasteiger partial charge in [-0.1, -0.05) is 19.3 Å². The Morgan fingerprint density at radius 1 is 1.28 bits per heavy atom. The number of hydrogen-bond acceptors (Lipinski definition) is 5. The molecular formula is C12H20BrN5. The summed E-state index contributed by atoms with van der Waals surface area (Å²) in [7, 11) is 0. The van der Waals surface area contributed by atoms with Crippen molar-refractivity contribution in [3.05, 3.63) is 10.8 Å². The number of rotatable bonds is 4. The highest BCUT2D eigenvalue weighted by Crippen LogP contribution is 2.31. The monoisotopic (exact) mass is 313 g/mol. The van der Waals surface area contributed by atoms with Gasteiger partial charge < -0.3 is 10.7 Å². The minimum atomic E-state index is 0.419. The normalized spacial score (nSPS) is 18.4. The number of hydrazine groups is 1. The maximum absolute atomic E-state index is 5.40. The summed E-state index contributed by atoms with van der Waals surface area (Å²) >= 11 is 3.46. The van der Waals surface area contributed by atoms with E-state index in [0.29, 0.717) is 11.9 Å². The third-order valence-electron chi connectivity index (χ3n) is 3.65. The fourth-order valence-corrected chi connectivity index (χ4v) is 2.97. The topological polar surface area (TPSA) is 75.9 Å². The lowest BCUT2D eigenvalue weighted by Crippen LogP contribution is -2.28. The van der Waals surface area contributed by atoms with Crippen molar-refractivity contribution < 1.29 is 0 Å². The molecule has 5 nitrogen and oxygen atoms in total. The molecule has 0 spiro atoms. The van der Waals surface area contributed by atoms with Gasteiger partial charge in [0.25, 0.3) is 0 Å². The van der Waals surface area contributed by atoms with Gasteiger partial charge in [-0.25, -0.2) is 15.8 Å². The zero-order chi connectivity index (χ0) is 13.0. The van der Waals surface area contributed by atoms with Crippen LogP contribution >= 0.6 is 15.9 Å². The van der Waals surface area contributed by atoms with E-state index in [1.54, 1.807) is 0 Å². The molecule has 1 saturated carbocycles. The van der Waals surface area contributed by atoms with Crippen molar-refractivity contribution in [1.82, 2.24) is 9.97 Å². The van der Waals surface area contributed by atoms with Gasteiger partial charge in [0.05, 0.1) is 0 Å². The van der Waals surface area contributed by atoms with Crippen molar-refractivity contribution in [2.24, 2.45) is 11.8 Å². The summed E-state index contributed by atoms with van der Waals surface area (Å²) in [6, 6.07) is 0.419. The van der Waals surface area contributed by atoms with Crippen molar-refractivity contribution >= 4 is 27.6 Å². The third kappa shape index (κ3) is 3.11. The molecular weight excluding hydrogens is 294 g/mol. The van der Waals surface area contributed by atoms with Crippen LogP contribution in [0.25, 0.3) is 0 Å². The lowest BCUT2D eigenvalue weighted by atomic mass is 9.84. The van der Waals surface area contributed by atoms with E-state index in [1.807, 2.05) is 0 Å². The van der Waals surface area contributed by atoms with Gasteiger partial charge in [0, 0.05) is 6.04 Å². The number of nitrogen functional groups attached to an aromatic ring is 1. The van der Waals surface area contributed by atoms with Crippen LogP contribution in [0.2, 0.25) is 0 Å². The smallest absolute Gasteiger partial charge is 0.159 e. The summed E-state index contributed by atoms with van der Waals surface area (Å²) in [6.45, 7) is 2.22. The minimum Gasteiger partial charge on any atom is -0.366 e. The maximum Gasteiger partial charge on any atom is 0.159 e. The summed E-state index contributed by atoms with van der Waals surface area (Å²) in [5, 5.41) is 3.46. The summed E-state index contributed by atoms with van der Waals surface area (Å²) in [4.78, 5) is 8.30. The summed E-state index contributed by atoms with van der Waals surface area (Å²) in [5.41, 5.74) is 2.55. The van der Waals surface area contributed by atoms with Crippen molar-refractivity contribution in [1.29, 1.82) is 0 Å². The standard InChI is InChI=1S/C12H20BrN5/c1-8(9-5-3-2-4-6-9)17-11-10(13)12(18-14)16-7-15-11/h7-9H,2-6,14H2,1H3,(H2,15,16,17,18). The van der Waals surface area contributed by atoms with Crippen LogP contribution in [0, 0.1) is 5.92 Å². The van der Waals surface area contributed by atoms with Crippen LogP contribution in [0.3, 0.4) is 0 Å². The molecule has 1 aliphatic carbocycles. The molecule has 6 heteroatoms. The van der Waals surface area contributed by atoms with E-state index in [9.17, 15) is 0 Å². The minimum absolute atomic E-state index is 0.419. The van der Waals surface area contributed by atoms with E-state index in [1.165, 1.54) is 38.4 Å². The Morgan fingerprint density at radius 2 is 1.94 bits per heavy atom. The zero-order valence-corrected chi connectivity index (χ0v) is 12.2. The first-order valence-corrected chi connectivity index (χ1v) is 7.25. The largest absolute Gasteiger partial charge is 0.366 e. The molecule has 1 heterocycles. The number of nitrogens with zero attached hydrogens (tertiary/aromatic N) is 2. The first-order valence-electron chi connectivity index (χ1n) is 6.46. The van der Waals surface area contributed by atoms with E-state index in [4.69, 9.17) is 5.84 Å². The summed E-state index contributed by atoms with van der Waals surface area (Å²) < 4.78 is 0.787. The molecule has 4 N–H and O–H groups in total. The molecule has 1 aromatic heterocycles. The Bertz CT molecular complexity index is 392. The van der Waals surface area contributed by atoms with Crippen LogP contribution in [0.15, 0.2) is 10.8 Å². The molecule has 1 fully saturated rings. The van der Waals surface area contributed by atoms with Crippen LogP contribution in [0.5, 0.6) is 0 Å². The lowest BCUT2D eigenvalue weighted by molar-refractivity contribution is 0.328. The van der Waals surface area contributed by atoms with Gasteiger partial charge in [-0.15, -0.1) is 0 Å². The van der Waals surface area contributed by atoms with Crippen LogP contribution in [-0.4, -0.2) is 16.0 Å². The first kappa shape index (κ1) is 13.5. The molecule has 1 aliphatic rings. The number of anilines is 2. The van der Waals surface area contributed by atoms with Gasteiger partial charge in [-0.3, -0.25) is 0 Å².